The van der Waals surface area contributed by atoms with Crippen LogP contribution in [-0.4, -0.2) is 30.5 Å². The van der Waals surface area contributed by atoms with E-state index < -0.39 is 5.82 Å². The van der Waals surface area contributed by atoms with Crippen LogP contribution in [0.1, 0.15) is 32.1 Å². The fourth-order valence-electron chi connectivity index (χ4n) is 5.50. The van der Waals surface area contributed by atoms with Gasteiger partial charge in [-0.05, 0) is 67.9 Å². The Bertz CT molecular complexity index is 575. The third kappa shape index (κ3) is 2.73. The van der Waals surface area contributed by atoms with Crippen LogP contribution in [0.4, 0.5) is 4.39 Å². The van der Waals surface area contributed by atoms with Crippen LogP contribution in [0.3, 0.4) is 0 Å². The first-order valence-corrected chi connectivity index (χ1v) is 8.74. The van der Waals surface area contributed by atoms with Crippen LogP contribution in [0.25, 0.3) is 0 Å². The predicted molar refractivity (Wildman–Crippen MR) is 85.5 cm³/mol. The van der Waals surface area contributed by atoms with Gasteiger partial charge in [-0.15, -0.1) is 0 Å². The van der Waals surface area contributed by atoms with E-state index in [4.69, 9.17) is 4.74 Å². The zero-order chi connectivity index (χ0) is 16.0. The van der Waals surface area contributed by atoms with E-state index >= 15 is 0 Å². The number of hydrogen-bond donors (Lipinski definition) is 0. The maximum Gasteiger partial charge on any atom is 0.260 e. The number of para-hydroxylation sites is 1. The molecule has 0 atom stereocenters. The maximum atomic E-state index is 13.6. The molecule has 124 valence electrons. The second-order valence-corrected chi connectivity index (χ2v) is 7.65. The normalized spacial score (nSPS) is 34.4. The lowest BCUT2D eigenvalue weighted by atomic mass is 9.54. The number of rotatable bonds is 4. The van der Waals surface area contributed by atoms with Crippen LogP contribution in [-0.2, 0) is 4.79 Å². The number of benzene rings is 1. The molecule has 0 aromatic heterocycles. The van der Waals surface area contributed by atoms with Gasteiger partial charge >= 0.3 is 0 Å². The molecule has 0 spiro atoms. The summed E-state index contributed by atoms with van der Waals surface area (Å²) in [6.45, 7) is -0.0831. The summed E-state index contributed by atoms with van der Waals surface area (Å²) in [5, 5.41) is 0. The largest absolute Gasteiger partial charge is 0.481 e. The number of amides is 1. The Kier molecular flexibility index (Phi) is 3.78. The molecule has 4 bridgehead atoms. The van der Waals surface area contributed by atoms with Gasteiger partial charge in [0.2, 0.25) is 0 Å². The van der Waals surface area contributed by atoms with Gasteiger partial charge in [-0.3, -0.25) is 4.79 Å². The Morgan fingerprint density at radius 2 is 1.74 bits per heavy atom. The number of likely N-dealkylation sites (N-methyl/N-ethyl adjacent to an activating group) is 1. The van der Waals surface area contributed by atoms with Crippen LogP contribution in [0.5, 0.6) is 5.75 Å². The van der Waals surface area contributed by atoms with Crippen molar-refractivity contribution in [2.24, 2.45) is 23.7 Å². The first kappa shape index (κ1) is 15.0. The Morgan fingerprint density at radius 1 is 1.13 bits per heavy atom. The van der Waals surface area contributed by atoms with Gasteiger partial charge in [-0.1, -0.05) is 12.1 Å². The van der Waals surface area contributed by atoms with Crippen LogP contribution >= 0.6 is 0 Å². The summed E-state index contributed by atoms with van der Waals surface area (Å²) in [6.07, 6.45) is 6.54. The average Bonchev–Trinajstić information content (AvgIpc) is 2.52. The van der Waals surface area contributed by atoms with Crippen LogP contribution in [0.15, 0.2) is 24.3 Å². The predicted octanol–water partition coefficient (Wildman–Crippen LogP) is 3.49. The van der Waals surface area contributed by atoms with Crippen molar-refractivity contribution in [1.82, 2.24) is 4.90 Å². The van der Waals surface area contributed by atoms with Gasteiger partial charge in [0.25, 0.3) is 5.91 Å². The number of nitrogens with zero attached hydrogens (tertiary/aromatic N) is 1. The third-order valence-electron chi connectivity index (χ3n) is 6.21. The first-order valence-electron chi connectivity index (χ1n) is 8.74. The van der Waals surface area contributed by atoms with Crippen molar-refractivity contribution in [2.75, 3.05) is 13.7 Å². The number of hydrogen-bond acceptors (Lipinski definition) is 2. The van der Waals surface area contributed by atoms with E-state index in [0.29, 0.717) is 17.9 Å². The summed E-state index contributed by atoms with van der Waals surface area (Å²) in [5.74, 6) is 2.81. The van der Waals surface area contributed by atoms with Gasteiger partial charge in [0, 0.05) is 13.1 Å². The van der Waals surface area contributed by atoms with Crippen molar-refractivity contribution in [3.8, 4) is 5.75 Å². The van der Waals surface area contributed by atoms with Crippen molar-refractivity contribution in [3.63, 3.8) is 0 Å². The summed E-state index contributed by atoms with van der Waals surface area (Å²) in [7, 11) is 1.90. The Morgan fingerprint density at radius 3 is 2.35 bits per heavy atom. The number of carbonyl (C=O) groups is 1. The minimum atomic E-state index is -0.419. The van der Waals surface area contributed by atoms with Crippen molar-refractivity contribution in [2.45, 2.75) is 38.1 Å². The van der Waals surface area contributed by atoms with E-state index in [0.717, 1.165) is 11.8 Å². The molecular weight excluding hydrogens is 293 g/mol. The minimum Gasteiger partial charge on any atom is -0.481 e. The highest BCUT2D eigenvalue weighted by Crippen LogP contribution is 2.54. The quantitative estimate of drug-likeness (QED) is 0.851. The standard InChI is InChI=1S/C19H24FNO2/c1-21(18(22)11-23-17-5-3-2-4-16(17)20)19-14-7-12-6-13(9-14)10-15(19)8-12/h2-5,12-15,19H,6-11H2,1H3. The van der Waals surface area contributed by atoms with E-state index in [2.05, 4.69) is 0 Å². The summed E-state index contributed by atoms with van der Waals surface area (Å²) in [5.41, 5.74) is 0. The molecule has 1 amide bonds. The molecule has 1 aromatic carbocycles. The van der Waals surface area contributed by atoms with Gasteiger partial charge in [0.05, 0.1) is 0 Å². The molecule has 5 rings (SSSR count). The third-order valence-corrected chi connectivity index (χ3v) is 6.21. The second kappa shape index (κ2) is 5.81. The first-order chi connectivity index (χ1) is 11.1. The van der Waals surface area contributed by atoms with Crippen LogP contribution in [0.2, 0.25) is 0 Å². The van der Waals surface area contributed by atoms with Gasteiger partial charge in [0.15, 0.2) is 18.2 Å². The second-order valence-electron chi connectivity index (χ2n) is 7.65. The van der Waals surface area contributed by atoms with E-state index in [1.165, 1.54) is 38.2 Å². The number of ether oxygens (including phenoxy) is 1. The molecular formula is C19H24FNO2. The minimum absolute atomic E-state index is 0.0364. The fraction of sp³-hybridized carbons (Fsp3) is 0.632. The molecule has 4 aliphatic carbocycles. The molecule has 0 saturated heterocycles. The van der Waals surface area contributed by atoms with Crippen LogP contribution < -0.4 is 4.74 Å². The van der Waals surface area contributed by atoms with E-state index in [-0.39, 0.29) is 18.3 Å². The van der Waals surface area contributed by atoms with Gasteiger partial charge in [0.1, 0.15) is 0 Å². The SMILES string of the molecule is CN(C(=O)COc1ccccc1F)C1C2CC3CC(C2)CC1C3. The van der Waals surface area contributed by atoms with Crippen molar-refractivity contribution < 1.29 is 13.9 Å². The smallest absolute Gasteiger partial charge is 0.260 e. The maximum absolute atomic E-state index is 13.6. The van der Waals surface area contributed by atoms with Crippen LogP contribution in [0, 0.1) is 29.5 Å². The zero-order valence-corrected chi connectivity index (χ0v) is 13.6. The highest BCUT2D eigenvalue weighted by Gasteiger charge is 2.50. The van der Waals surface area contributed by atoms with Gasteiger partial charge in [-0.2, -0.15) is 0 Å². The molecule has 4 heteroatoms. The Hall–Kier alpha value is -1.58. The Balaban J connectivity index is 1.40. The molecule has 4 aliphatic rings. The van der Waals surface area contributed by atoms with Crippen molar-refractivity contribution >= 4 is 5.91 Å². The number of halogens is 1. The molecule has 3 nitrogen and oxygen atoms in total. The molecule has 23 heavy (non-hydrogen) atoms. The van der Waals surface area contributed by atoms with Crippen molar-refractivity contribution in [1.29, 1.82) is 0 Å². The van der Waals surface area contributed by atoms with E-state index in [9.17, 15) is 9.18 Å². The summed E-state index contributed by atoms with van der Waals surface area (Å²) in [6, 6.07) is 6.60. The lowest BCUT2D eigenvalue weighted by Crippen LogP contribution is -2.56. The zero-order valence-electron chi connectivity index (χ0n) is 13.6. The lowest BCUT2D eigenvalue weighted by Gasteiger charge is -2.56. The summed E-state index contributed by atoms with van der Waals surface area (Å²) in [4.78, 5) is 14.4. The number of carbonyl (C=O) groups excluding carboxylic acids is 1. The molecule has 4 saturated carbocycles. The lowest BCUT2D eigenvalue weighted by molar-refractivity contribution is -0.143. The molecule has 0 heterocycles. The molecule has 0 radical (unpaired) electrons. The summed E-state index contributed by atoms with van der Waals surface area (Å²) < 4.78 is 19.0. The monoisotopic (exact) mass is 317 g/mol. The fourth-order valence-corrected chi connectivity index (χ4v) is 5.50. The molecule has 0 aliphatic heterocycles. The van der Waals surface area contributed by atoms with E-state index in [1.54, 1.807) is 18.2 Å². The molecule has 4 fully saturated rings. The highest BCUT2D eigenvalue weighted by molar-refractivity contribution is 5.78. The highest BCUT2D eigenvalue weighted by atomic mass is 19.1. The Labute approximate surface area is 136 Å². The topological polar surface area (TPSA) is 29.5 Å². The van der Waals surface area contributed by atoms with Gasteiger partial charge < -0.3 is 9.64 Å². The van der Waals surface area contributed by atoms with Gasteiger partial charge in [-0.25, -0.2) is 4.39 Å². The van der Waals surface area contributed by atoms with Crippen molar-refractivity contribution in [3.05, 3.63) is 30.1 Å². The van der Waals surface area contributed by atoms with E-state index in [1.807, 2.05) is 11.9 Å². The average molecular weight is 317 g/mol. The molecule has 1 aromatic rings. The summed E-state index contributed by atoms with van der Waals surface area (Å²) >= 11 is 0. The molecule has 0 N–H and O–H groups in total. The molecule has 0 unspecified atom stereocenters.